The molecule has 9 nitrogen and oxygen atoms in total. The van der Waals surface area contributed by atoms with Gasteiger partial charge in [-0.15, -0.1) is 0 Å². The smallest absolute Gasteiger partial charge is 0.388 e. The van der Waals surface area contributed by atoms with E-state index >= 15 is 0 Å². The highest BCUT2D eigenvalue weighted by molar-refractivity contribution is 6.39. The minimum absolute atomic E-state index is 0.0104. The molecule has 0 bridgehead atoms. The molecule has 1 aliphatic heterocycles. The zero-order chi connectivity index (χ0) is 37.5. The maximum Gasteiger partial charge on any atom is 0.391 e. The van der Waals surface area contributed by atoms with Crippen LogP contribution in [-0.2, 0) is 16.9 Å². The first-order chi connectivity index (χ1) is 24.3. The number of aromatic nitrogens is 2. The monoisotopic (exact) mass is 762 g/mol. The molecular weight excluding hydrogens is 716 g/mol. The number of aliphatic hydroxyl groups is 1. The van der Waals surface area contributed by atoms with Crippen LogP contribution >= 0.6 is 23.2 Å². The first-order valence-electron chi connectivity index (χ1n) is 18.2. The first kappa shape index (κ1) is 37.1. The molecule has 3 saturated carbocycles. The lowest BCUT2D eigenvalue weighted by Crippen LogP contribution is -2.41. The Morgan fingerprint density at radius 1 is 1.00 bits per heavy atom. The molecule has 1 saturated heterocycles. The molecule has 2 heterocycles. The summed E-state index contributed by atoms with van der Waals surface area (Å²) in [7, 11) is 0. The second kappa shape index (κ2) is 13.0. The fraction of sp³-hybridized carbons (Fsp3) is 0.605. The molecule has 14 heteroatoms. The number of benzene rings is 2. The number of nitrogens with zero attached hydrogens (tertiary/aromatic N) is 3. The third-order valence-electron chi connectivity index (χ3n) is 11.7. The van der Waals surface area contributed by atoms with Crippen LogP contribution in [0.15, 0.2) is 24.3 Å². The van der Waals surface area contributed by atoms with E-state index < -0.39 is 28.6 Å². The van der Waals surface area contributed by atoms with Gasteiger partial charge in [-0.25, -0.2) is 4.98 Å². The van der Waals surface area contributed by atoms with E-state index in [0.29, 0.717) is 63.0 Å². The van der Waals surface area contributed by atoms with Gasteiger partial charge in [-0.3, -0.25) is 9.59 Å². The van der Waals surface area contributed by atoms with Crippen molar-refractivity contribution >= 4 is 63.4 Å². The number of fused-ring (bicyclic) bond motifs is 2. The van der Waals surface area contributed by atoms with Crippen LogP contribution < -0.4 is 20.9 Å². The highest BCUT2D eigenvalue weighted by Gasteiger charge is 2.57. The average molecular weight is 764 g/mol. The summed E-state index contributed by atoms with van der Waals surface area (Å²) >= 11 is 13.7. The fourth-order valence-electron chi connectivity index (χ4n) is 8.12. The van der Waals surface area contributed by atoms with Crippen LogP contribution in [0.1, 0.15) is 95.5 Å². The van der Waals surface area contributed by atoms with E-state index in [1.54, 1.807) is 32.0 Å². The SMILES string of the molecule is CC(C)(C)C(=O)NCc1ccc(Cl)c(Nc2nc3cc(C(=O)N[C@H]4CC[C@H](C(F)(F)F)CC4)c(N4CC5CC5C4)cc3n2C2(C(C)(C)O)CC2)c1Cl. The van der Waals surface area contributed by atoms with Gasteiger partial charge in [0, 0.05) is 31.1 Å². The van der Waals surface area contributed by atoms with Gasteiger partial charge in [0.15, 0.2) is 0 Å². The van der Waals surface area contributed by atoms with Crippen molar-refractivity contribution < 1.29 is 27.9 Å². The van der Waals surface area contributed by atoms with Gasteiger partial charge in [0.25, 0.3) is 5.91 Å². The van der Waals surface area contributed by atoms with Crippen LogP contribution in [0.25, 0.3) is 11.0 Å². The van der Waals surface area contributed by atoms with Crippen molar-refractivity contribution in [2.75, 3.05) is 23.3 Å². The van der Waals surface area contributed by atoms with E-state index in [-0.39, 0.29) is 50.1 Å². The Bertz CT molecular complexity index is 1890. The van der Waals surface area contributed by atoms with E-state index in [0.717, 1.165) is 30.7 Å². The normalized spacial score (nSPS) is 24.1. The summed E-state index contributed by atoms with van der Waals surface area (Å²) in [4.78, 5) is 33.9. The van der Waals surface area contributed by atoms with Crippen molar-refractivity contribution in [3.05, 3.63) is 45.4 Å². The van der Waals surface area contributed by atoms with E-state index in [2.05, 4.69) is 20.9 Å². The lowest BCUT2D eigenvalue weighted by Gasteiger charge is -2.33. The summed E-state index contributed by atoms with van der Waals surface area (Å²) in [6.45, 7) is 10.8. The number of carbonyl (C=O) groups is 2. The quantitative estimate of drug-likeness (QED) is 0.175. The Labute approximate surface area is 312 Å². The number of anilines is 3. The van der Waals surface area contributed by atoms with Gasteiger partial charge in [-0.05, 0) is 94.4 Å². The van der Waals surface area contributed by atoms with Crippen LogP contribution in [0.2, 0.25) is 10.0 Å². The Kier molecular flexibility index (Phi) is 9.26. The molecule has 3 aliphatic carbocycles. The van der Waals surface area contributed by atoms with Crippen molar-refractivity contribution in [2.45, 2.75) is 109 Å². The van der Waals surface area contributed by atoms with Gasteiger partial charge in [-0.2, -0.15) is 13.2 Å². The molecule has 4 fully saturated rings. The maximum absolute atomic E-state index is 14.0. The summed E-state index contributed by atoms with van der Waals surface area (Å²) < 4.78 is 42.1. The predicted molar refractivity (Wildman–Crippen MR) is 197 cm³/mol. The van der Waals surface area contributed by atoms with Crippen molar-refractivity contribution in [3.8, 4) is 0 Å². The molecule has 2 unspecified atom stereocenters. The number of alkyl halides is 3. The molecule has 1 aromatic heterocycles. The number of rotatable bonds is 9. The number of hydrogen-bond acceptors (Lipinski definition) is 6. The van der Waals surface area contributed by atoms with E-state index in [1.807, 2.05) is 31.4 Å². The Hall–Kier alpha value is -3.22. The largest absolute Gasteiger partial charge is 0.391 e. The van der Waals surface area contributed by atoms with Crippen LogP contribution in [-0.4, -0.2) is 57.4 Å². The standard InChI is InChI=1S/C38H47Cl2F3N6O3/c1-35(2,3)33(51)44-17-20-6-11-26(39)31(30(20)40)47-34-46-27-15-25(32(50)45-24-9-7-23(8-10-24)38(41,42)43)28(48-18-21-14-22(21)19-48)16-29(27)49(34)37(12-13-37)36(4,5)52/h6,11,15-16,21-24,52H,7-10,12-14,17-19H2,1-5H3,(H,44,51)(H,45,50)(H,46,47)/t21?,22?,23-,24-. The summed E-state index contributed by atoms with van der Waals surface area (Å²) in [6, 6.07) is 6.84. The molecule has 3 aromatic rings. The highest BCUT2D eigenvalue weighted by Crippen LogP contribution is 2.56. The topological polar surface area (TPSA) is 112 Å². The molecule has 4 N–H and O–H groups in total. The third kappa shape index (κ3) is 6.95. The molecule has 282 valence electrons. The number of nitrogens with one attached hydrogen (secondary N) is 3. The molecular formula is C38H47Cl2F3N6O3. The number of halogens is 5. The molecule has 0 spiro atoms. The van der Waals surface area contributed by atoms with Crippen LogP contribution in [0.3, 0.4) is 0 Å². The molecule has 0 radical (unpaired) electrons. The molecule has 7 rings (SSSR count). The first-order valence-corrected chi connectivity index (χ1v) is 19.0. The fourth-order valence-corrected chi connectivity index (χ4v) is 8.65. The Morgan fingerprint density at radius 2 is 1.65 bits per heavy atom. The Balaban J connectivity index is 1.27. The number of carbonyl (C=O) groups excluding carboxylic acids is 2. The van der Waals surface area contributed by atoms with E-state index in [1.165, 1.54) is 0 Å². The van der Waals surface area contributed by atoms with Crippen LogP contribution in [0.4, 0.5) is 30.5 Å². The van der Waals surface area contributed by atoms with Gasteiger partial charge in [-0.1, -0.05) is 50.0 Å². The Morgan fingerprint density at radius 3 is 2.23 bits per heavy atom. The highest BCUT2D eigenvalue weighted by atomic mass is 35.5. The van der Waals surface area contributed by atoms with Gasteiger partial charge in [0.1, 0.15) is 0 Å². The summed E-state index contributed by atoms with van der Waals surface area (Å²) in [5.41, 5.74) is 0.987. The summed E-state index contributed by atoms with van der Waals surface area (Å²) in [5.74, 6) is -0.279. The van der Waals surface area contributed by atoms with Gasteiger partial charge >= 0.3 is 6.18 Å². The predicted octanol–water partition coefficient (Wildman–Crippen LogP) is 8.32. The van der Waals surface area contributed by atoms with Crippen LogP contribution in [0, 0.1) is 23.2 Å². The second-order valence-electron chi connectivity index (χ2n) is 16.9. The van der Waals surface area contributed by atoms with E-state index in [4.69, 9.17) is 28.2 Å². The molecule has 2 aromatic carbocycles. The number of imidazole rings is 1. The molecule has 2 amide bonds. The van der Waals surface area contributed by atoms with Gasteiger partial charge in [0.2, 0.25) is 11.9 Å². The minimum atomic E-state index is -4.23. The lowest BCUT2D eigenvalue weighted by molar-refractivity contribution is -0.182. The lowest BCUT2D eigenvalue weighted by atomic mass is 9.85. The summed E-state index contributed by atoms with van der Waals surface area (Å²) in [6.07, 6.45) is -1.19. The maximum atomic E-state index is 14.0. The van der Waals surface area contributed by atoms with Gasteiger partial charge in [0.05, 0.1) is 55.1 Å². The minimum Gasteiger partial charge on any atom is -0.388 e. The molecule has 4 aliphatic rings. The zero-order valence-electron chi connectivity index (χ0n) is 30.2. The molecule has 2 atom stereocenters. The van der Waals surface area contributed by atoms with Gasteiger partial charge < -0.3 is 30.5 Å². The molecule has 52 heavy (non-hydrogen) atoms. The van der Waals surface area contributed by atoms with E-state index in [9.17, 15) is 27.9 Å². The van der Waals surface area contributed by atoms with Crippen molar-refractivity contribution in [3.63, 3.8) is 0 Å². The van der Waals surface area contributed by atoms with Crippen molar-refractivity contribution in [1.29, 1.82) is 0 Å². The zero-order valence-corrected chi connectivity index (χ0v) is 31.7. The van der Waals surface area contributed by atoms with Crippen LogP contribution in [0.5, 0.6) is 0 Å². The summed E-state index contributed by atoms with van der Waals surface area (Å²) in [5, 5.41) is 21.6. The van der Waals surface area contributed by atoms with Crippen molar-refractivity contribution in [2.24, 2.45) is 23.2 Å². The third-order valence-corrected chi connectivity index (χ3v) is 12.4. The number of hydrogen-bond donors (Lipinski definition) is 4. The number of amides is 2. The second-order valence-corrected chi connectivity index (χ2v) is 17.7. The number of piperidine rings is 1. The average Bonchev–Trinajstić information content (AvgIpc) is 3.95. The van der Waals surface area contributed by atoms with Crippen molar-refractivity contribution in [1.82, 2.24) is 20.2 Å².